The zero-order chi connectivity index (χ0) is 12.5. The van der Waals surface area contributed by atoms with Gasteiger partial charge in [-0.15, -0.1) is 11.6 Å². The molecule has 1 aliphatic carbocycles. The highest BCUT2D eigenvalue weighted by molar-refractivity contribution is 6.18. The van der Waals surface area contributed by atoms with E-state index in [-0.39, 0.29) is 5.41 Å². The fourth-order valence-electron chi connectivity index (χ4n) is 2.40. The van der Waals surface area contributed by atoms with Crippen LogP contribution in [-0.2, 0) is 6.42 Å². The van der Waals surface area contributed by atoms with Crippen molar-refractivity contribution in [2.75, 3.05) is 5.88 Å². The third kappa shape index (κ3) is 2.85. The van der Waals surface area contributed by atoms with Gasteiger partial charge in [-0.2, -0.15) is 5.10 Å². The molecule has 0 aliphatic heterocycles. The van der Waals surface area contributed by atoms with Crippen molar-refractivity contribution in [3.63, 3.8) is 0 Å². The number of rotatable bonds is 6. The first-order chi connectivity index (χ1) is 8.09. The van der Waals surface area contributed by atoms with E-state index in [1.165, 1.54) is 18.5 Å². The quantitative estimate of drug-likeness (QED) is 0.701. The molecule has 96 valence electrons. The minimum atomic E-state index is 0.246. The Morgan fingerprint density at radius 3 is 2.82 bits per heavy atom. The van der Waals surface area contributed by atoms with Gasteiger partial charge < -0.3 is 0 Å². The fourth-order valence-corrected chi connectivity index (χ4v) is 2.71. The van der Waals surface area contributed by atoms with Crippen LogP contribution in [0.2, 0.25) is 0 Å². The minimum Gasteiger partial charge on any atom is -0.270 e. The lowest BCUT2D eigenvalue weighted by atomic mass is 9.82. The molecule has 3 heteroatoms. The predicted molar refractivity (Wildman–Crippen MR) is 72.5 cm³/mol. The molecule has 1 heterocycles. The van der Waals surface area contributed by atoms with E-state index in [4.69, 9.17) is 11.6 Å². The molecule has 1 aromatic heterocycles. The molecule has 0 N–H and O–H groups in total. The molecular formula is C14H23ClN2. The molecule has 1 saturated carbocycles. The summed E-state index contributed by atoms with van der Waals surface area (Å²) in [5, 5.41) is 4.68. The van der Waals surface area contributed by atoms with Crippen LogP contribution < -0.4 is 0 Å². The average molecular weight is 255 g/mol. The van der Waals surface area contributed by atoms with Crippen LogP contribution in [-0.4, -0.2) is 15.7 Å². The molecule has 0 radical (unpaired) electrons. The molecule has 17 heavy (non-hydrogen) atoms. The van der Waals surface area contributed by atoms with Crippen LogP contribution in [0.25, 0.3) is 0 Å². The van der Waals surface area contributed by atoms with Crippen LogP contribution in [0.15, 0.2) is 12.3 Å². The second-order valence-electron chi connectivity index (χ2n) is 5.78. The summed E-state index contributed by atoms with van der Waals surface area (Å²) in [7, 11) is 0. The van der Waals surface area contributed by atoms with Crippen LogP contribution >= 0.6 is 11.6 Å². The molecule has 1 aliphatic rings. The standard InChI is InChI=1S/C14H23ClN2/c1-4-11(2)17-8-7-13(16-17)9-14(3,10-15)12-5-6-12/h7-8,11-12H,4-6,9-10H2,1-3H3. The van der Waals surface area contributed by atoms with Gasteiger partial charge in [0.2, 0.25) is 0 Å². The summed E-state index contributed by atoms with van der Waals surface area (Å²) in [6, 6.07) is 2.64. The van der Waals surface area contributed by atoms with Crippen molar-refractivity contribution < 1.29 is 0 Å². The van der Waals surface area contributed by atoms with Crippen LogP contribution in [0.3, 0.4) is 0 Å². The van der Waals surface area contributed by atoms with Gasteiger partial charge in [0.25, 0.3) is 0 Å². The summed E-state index contributed by atoms with van der Waals surface area (Å²) < 4.78 is 2.08. The van der Waals surface area contributed by atoms with E-state index in [0.29, 0.717) is 6.04 Å². The van der Waals surface area contributed by atoms with E-state index in [2.05, 4.69) is 42.8 Å². The molecule has 1 fully saturated rings. The van der Waals surface area contributed by atoms with Crippen LogP contribution in [0.4, 0.5) is 0 Å². The first kappa shape index (κ1) is 12.9. The largest absolute Gasteiger partial charge is 0.270 e. The highest BCUT2D eigenvalue weighted by atomic mass is 35.5. The van der Waals surface area contributed by atoms with E-state index in [1.807, 2.05) is 0 Å². The van der Waals surface area contributed by atoms with Gasteiger partial charge in [-0.25, -0.2) is 0 Å². The molecule has 0 spiro atoms. The second-order valence-corrected chi connectivity index (χ2v) is 6.05. The summed E-state index contributed by atoms with van der Waals surface area (Å²) in [6.45, 7) is 6.71. The van der Waals surface area contributed by atoms with Crippen LogP contribution in [0.5, 0.6) is 0 Å². The van der Waals surface area contributed by atoms with E-state index in [0.717, 1.165) is 24.6 Å². The van der Waals surface area contributed by atoms with Gasteiger partial charge in [0.05, 0.1) is 5.69 Å². The van der Waals surface area contributed by atoms with Gasteiger partial charge in [-0.3, -0.25) is 4.68 Å². The van der Waals surface area contributed by atoms with Crippen molar-refractivity contribution in [1.82, 2.24) is 9.78 Å². The van der Waals surface area contributed by atoms with Gasteiger partial charge in [0.15, 0.2) is 0 Å². The Morgan fingerprint density at radius 1 is 1.59 bits per heavy atom. The molecule has 0 saturated heterocycles. The van der Waals surface area contributed by atoms with Gasteiger partial charge >= 0.3 is 0 Å². The highest BCUT2D eigenvalue weighted by Crippen LogP contribution is 2.47. The van der Waals surface area contributed by atoms with E-state index < -0.39 is 0 Å². The van der Waals surface area contributed by atoms with Crippen LogP contribution in [0.1, 0.15) is 51.8 Å². The summed E-state index contributed by atoms with van der Waals surface area (Å²) in [5.41, 5.74) is 1.44. The Labute approximate surface area is 109 Å². The van der Waals surface area contributed by atoms with Crippen molar-refractivity contribution in [1.29, 1.82) is 0 Å². The normalized spacial score (nSPS) is 21.2. The smallest absolute Gasteiger partial charge is 0.0630 e. The maximum atomic E-state index is 6.16. The van der Waals surface area contributed by atoms with E-state index in [1.54, 1.807) is 0 Å². The summed E-state index contributed by atoms with van der Waals surface area (Å²) in [4.78, 5) is 0. The van der Waals surface area contributed by atoms with Crippen LogP contribution in [0, 0.1) is 11.3 Å². The first-order valence-electron chi connectivity index (χ1n) is 6.69. The Bertz CT molecular complexity index is 370. The summed E-state index contributed by atoms with van der Waals surface area (Å²) in [6.07, 6.45) is 6.93. The Kier molecular flexibility index (Phi) is 3.82. The maximum Gasteiger partial charge on any atom is 0.0630 e. The number of nitrogens with zero attached hydrogens (tertiary/aromatic N) is 2. The molecule has 1 aromatic rings. The number of alkyl halides is 1. The molecule has 0 amide bonds. The average Bonchev–Trinajstić information content (AvgIpc) is 3.10. The van der Waals surface area contributed by atoms with Gasteiger partial charge in [0.1, 0.15) is 0 Å². The van der Waals surface area contributed by atoms with Crippen molar-refractivity contribution in [3.05, 3.63) is 18.0 Å². The van der Waals surface area contributed by atoms with E-state index in [9.17, 15) is 0 Å². The lowest BCUT2D eigenvalue weighted by molar-refractivity contribution is 0.308. The van der Waals surface area contributed by atoms with E-state index >= 15 is 0 Å². The number of aromatic nitrogens is 2. The Morgan fingerprint density at radius 2 is 2.29 bits per heavy atom. The Balaban J connectivity index is 2.05. The van der Waals surface area contributed by atoms with Gasteiger partial charge in [-0.05, 0) is 50.0 Å². The topological polar surface area (TPSA) is 17.8 Å². The minimum absolute atomic E-state index is 0.246. The molecule has 0 aromatic carbocycles. The second kappa shape index (κ2) is 5.01. The molecule has 0 bridgehead atoms. The van der Waals surface area contributed by atoms with Gasteiger partial charge in [-0.1, -0.05) is 13.8 Å². The Hall–Kier alpha value is -0.500. The van der Waals surface area contributed by atoms with Gasteiger partial charge in [0, 0.05) is 18.1 Å². The highest BCUT2D eigenvalue weighted by Gasteiger charge is 2.41. The monoisotopic (exact) mass is 254 g/mol. The number of hydrogen-bond donors (Lipinski definition) is 0. The fraction of sp³-hybridized carbons (Fsp3) is 0.786. The third-order valence-corrected chi connectivity index (χ3v) is 4.77. The first-order valence-corrected chi connectivity index (χ1v) is 7.22. The lowest BCUT2D eigenvalue weighted by Crippen LogP contribution is -2.24. The van der Waals surface area contributed by atoms with Crippen molar-refractivity contribution >= 4 is 11.6 Å². The van der Waals surface area contributed by atoms with Crippen molar-refractivity contribution in [3.8, 4) is 0 Å². The third-order valence-electron chi connectivity index (χ3n) is 4.16. The number of halogens is 1. The lowest BCUT2D eigenvalue weighted by Gasteiger charge is -2.26. The molecule has 2 unspecified atom stereocenters. The van der Waals surface area contributed by atoms with Crippen molar-refractivity contribution in [2.24, 2.45) is 11.3 Å². The summed E-state index contributed by atoms with van der Waals surface area (Å²) in [5.74, 6) is 1.56. The maximum absolute atomic E-state index is 6.16. The zero-order valence-electron chi connectivity index (χ0n) is 11.1. The zero-order valence-corrected chi connectivity index (χ0v) is 11.9. The molecule has 2 atom stereocenters. The van der Waals surface area contributed by atoms with Crippen molar-refractivity contribution in [2.45, 2.75) is 52.5 Å². The molecule has 2 nitrogen and oxygen atoms in total. The molecule has 2 rings (SSSR count). The predicted octanol–water partition coefficient (Wildman–Crippen LogP) is 4.05. The molecular weight excluding hydrogens is 232 g/mol. The SMILES string of the molecule is CCC(C)n1ccc(CC(C)(CCl)C2CC2)n1. The number of hydrogen-bond acceptors (Lipinski definition) is 1. The summed E-state index contributed by atoms with van der Waals surface area (Å²) >= 11 is 6.16.